The van der Waals surface area contributed by atoms with E-state index in [1.807, 2.05) is 67.1 Å². The fourth-order valence-electron chi connectivity index (χ4n) is 3.25. The second kappa shape index (κ2) is 9.62. The van der Waals surface area contributed by atoms with E-state index in [0.29, 0.717) is 0 Å². The molecule has 0 radical (unpaired) electrons. The van der Waals surface area contributed by atoms with Gasteiger partial charge in [-0.25, -0.2) is 0 Å². The highest BCUT2D eigenvalue weighted by molar-refractivity contribution is 5.34. The smallest absolute Gasteiger partial charge is 0.127 e. The molecule has 0 bridgehead atoms. The first kappa shape index (κ1) is 18.8. The predicted molar refractivity (Wildman–Crippen MR) is 114 cm³/mol. The fraction of sp³-hybridized carbons (Fsp3) is 0.120. The number of hydrogen-bond donors (Lipinski definition) is 0. The van der Waals surface area contributed by atoms with Gasteiger partial charge in [0.05, 0.1) is 0 Å². The molecule has 0 aliphatic heterocycles. The molecule has 0 fully saturated rings. The Morgan fingerprint density at radius 2 is 1.31 bits per heavy atom. The first-order valence-electron chi connectivity index (χ1n) is 9.67. The van der Waals surface area contributed by atoms with Crippen molar-refractivity contribution in [2.24, 2.45) is 0 Å². The summed E-state index contributed by atoms with van der Waals surface area (Å²) in [6.45, 7) is 2.46. The Hall–Kier alpha value is -3.50. The molecule has 2 aromatic heterocycles. The van der Waals surface area contributed by atoms with Crippen molar-refractivity contribution in [3.05, 3.63) is 120 Å². The summed E-state index contributed by atoms with van der Waals surface area (Å²) >= 11 is 0. The molecule has 0 spiro atoms. The molecule has 2 heterocycles. The normalized spacial score (nSPS) is 10.8. The molecule has 0 N–H and O–H groups in total. The summed E-state index contributed by atoms with van der Waals surface area (Å²) in [6, 6.07) is 26.4. The maximum Gasteiger partial charge on any atom is 0.127 e. The predicted octanol–water partition coefficient (Wildman–Crippen LogP) is 5.47. The third-order valence-corrected chi connectivity index (χ3v) is 4.57. The van der Waals surface area contributed by atoms with Crippen molar-refractivity contribution in [3.8, 4) is 11.5 Å². The van der Waals surface area contributed by atoms with Crippen LogP contribution in [0, 0.1) is 0 Å². The minimum atomic E-state index is 0.809. The van der Waals surface area contributed by atoms with E-state index in [2.05, 4.69) is 45.2 Å². The molecule has 0 atom stereocenters. The molecule has 29 heavy (non-hydrogen) atoms. The van der Waals surface area contributed by atoms with E-state index in [4.69, 9.17) is 4.74 Å². The van der Waals surface area contributed by atoms with Gasteiger partial charge in [-0.3, -0.25) is 14.9 Å². The summed E-state index contributed by atoms with van der Waals surface area (Å²) in [4.78, 5) is 10.8. The van der Waals surface area contributed by atoms with Gasteiger partial charge in [-0.15, -0.1) is 0 Å². The van der Waals surface area contributed by atoms with Crippen LogP contribution in [0.2, 0.25) is 0 Å². The molecule has 2 aromatic carbocycles. The Kier molecular flexibility index (Phi) is 6.25. The first-order chi connectivity index (χ1) is 14.3. The molecule has 0 amide bonds. The number of para-hydroxylation sites is 1. The van der Waals surface area contributed by atoms with Crippen LogP contribution >= 0.6 is 0 Å². The summed E-state index contributed by atoms with van der Waals surface area (Å²) in [5.41, 5.74) is 3.63. The average molecular weight is 381 g/mol. The quantitative estimate of drug-likeness (QED) is 0.406. The van der Waals surface area contributed by atoms with E-state index in [1.165, 1.54) is 16.7 Å². The molecular formula is C25H23N3O. The maximum absolute atomic E-state index is 6.00. The number of aromatic nitrogens is 2. The summed E-state index contributed by atoms with van der Waals surface area (Å²) in [5.74, 6) is 1.69. The van der Waals surface area contributed by atoms with Crippen molar-refractivity contribution in [1.29, 1.82) is 0 Å². The molecule has 4 nitrogen and oxygen atoms in total. The second-order valence-electron chi connectivity index (χ2n) is 6.92. The summed E-state index contributed by atoms with van der Waals surface area (Å²) in [5, 5.41) is 0. The van der Waals surface area contributed by atoms with Crippen LogP contribution in [0.1, 0.15) is 16.7 Å². The zero-order valence-corrected chi connectivity index (χ0v) is 16.2. The van der Waals surface area contributed by atoms with Crippen molar-refractivity contribution in [2.45, 2.75) is 19.6 Å². The monoisotopic (exact) mass is 381 g/mol. The Morgan fingerprint density at radius 3 is 2.10 bits per heavy atom. The lowest BCUT2D eigenvalue weighted by Crippen LogP contribution is -2.22. The Labute approximate surface area is 171 Å². The standard InChI is InChI=1S/C25H23N3O/c1-2-8-24(9-3-1)29-25-10-4-6-22(16-25)19-28(18-21-11-14-26-15-12-21)20-23-7-5-13-27-17-23/h1-17H,18-20H2. The van der Waals surface area contributed by atoms with Crippen molar-refractivity contribution in [2.75, 3.05) is 0 Å². The van der Waals surface area contributed by atoms with Gasteiger partial charge in [0.2, 0.25) is 0 Å². The highest BCUT2D eigenvalue weighted by atomic mass is 16.5. The van der Waals surface area contributed by atoms with Gasteiger partial charge in [-0.2, -0.15) is 0 Å². The molecule has 0 saturated carbocycles. The molecule has 0 unspecified atom stereocenters. The van der Waals surface area contributed by atoms with Gasteiger partial charge in [0.15, 0.2) is 0 Å². The van der Waals surface area contributed by atoms with Gasteiger partial charge in [0, 0.05) is 44.4 Å². The maximum atomic E-state index is 6.00. The summed E-state index contributed by atoms with van der Waals surface area (Å²) in [7, 11) is 0. The third kappa shape index (κ3) is 5.74. The van der Waals surface area contributed by atoms with E-state index < -0.39 is 0 Å². The summed E-state index contributed by atoms with van der Waals surface area (Å²) < 4.78 is 6.00. The Balaban J connectivity index is 1.51. The van der Waals surface area contributed by atoms with E-state index in [9.17, 15) is 0 Å². The van der Waals surface area contributed by atoms with Gasteiger partial charge in [-0.05, 0) is 59.2 Å². The van der Waals surface area contributed by atoms with Gasteiger partial charge < -0.3 is 4.74 Å². The lowest BCUT2D eigenvalue weighted by atomic mass is 10.1. The van der Waals surface area contributed by atoms with Crippen LogP contribution in [0.15, 0.2) is 104 Å². The Morgan fingerprint density at radius 1 is 0.586 bits per heavy atom. The topological polar surface area (TPSA) is 38.2 Å². The summed E-state index contributed by atoms with van der Waals surface area (Å²) in [6.07, 6.45) is 7.41. The molecule has 0 saturated heterocycles. The number of hydrogen-bond acceptors (Lipinski definition) is 4. The lowest BCUT2D eigenvalue weighted by Gasteiger charge is -2.23. The van der Waals surface area contributed by atoms with Crippen LogP contribution in [-0.2, 0) is 19.6 Å². The van der Waals surface area contributed by atoms with Crippen molar-refractivity contribution in [1.82, 2.24) is 14.9 Å². The fourth-order valence-corrected chi connectivity index (χ4v) is 3.25. The molecule has 0 aliphatic rings. The molecule has 0 aliphatic carbocycles. The van der Waals surface area contributed by atoms with Gasteiger partial charge in [0.25, 0.3) is 0 Å². The zero-order valence-electron chi connectivity index (χ0n) is 16.2. The molecular weight excluding hydrogens is 358 g/mol. The SMILES string of the molecule is c1ccc(Oc2cccc(CN(Cc3ccncc3)Cc3cccnc3)c2)cc1. The van der Waals surface area contributed by atoms with Crippen LogP contribution in [0.3, 0.4) is 0 Å². The van der Waals surface area contributed by atoms with Crippen molar-refractivity contribution >= 4 is 0 Å². The minimum absolute atomic E-state index is 0.809. The van der Waals surface area contributed by atoms with Crippen LogP contribution in [-0.4, -0.2) is 14.9 Å². The van der Waals surface area contributed by atoms with Crippen LogP contribution < -0.4 is 4.74 Å². The highest BCUT2D eigenvalue weighted by Crippen LogP contribution is 2.23. The molecule has 4 rings (SSSR count). The number of ether oxygens (including phenoxy) is 1. The Bertz CT molecular complexity index is 966. The van der Waals surface area contributed by atoms with Crippen molar-refractivity contribution < 1.29 is 4.74 Å². The zero-order chi connectivity index (χ0) is 19.7. The molecule has 4 aromatic rings. The number of benzene rings is 2. The number of nitrogens with zero attached hydrogens (tertiary/aromatic N) is 3. The average Bonchev–Trinajstić information content (AvgIpc) is 2.76. The van der Waals surface area contributed by atoms with Crippen molar-refractivity contribution in [3.63, 3.8) is 0 Å². The number of rotatable bonds is 8. The van der Waals surface area contributed by atoms with Gasteiger partial charge >= 0.3 is 0 Å². The highest BCUT2D eigenvalue weighted by Gasteiger charge is 2.10. The van der Waals surface area contributed by atoms with E-state index in [-0.39, 0.29) is 0 Å². The first-order valence-corrected chi connectivity index (χ1v) is 9.67. The van der Waals surface area contributed by atoms with Gasteiger partial charge in [-0.1, -0.05) is 36.4 Å². The minimum Gasteiger partial charge on any atom is -0.457 e. The van der Waals surface area contributed by atoms with E-state index >= 15 is 0 Å². The van der Waals surface area contributed by atoms with Crippen LogP contribution in [0.5, 0.6) is 11.5 Å². The van der Waals surface area contributed by atoms with E-state index in [1.54, 1.807) is 6.20 Å². The number of pyridine rings is 2. The van der Waals surface area contributed by atoms with Crippen LogP contribution in [0.4, 0.5) is 0 Å². The second-order valence-corrected chi connectivity index (χ2v) is 6.92. The van der Waals surface area contributed by atoms with Gasteiger partial charge in [0.1, 0.15) is 11.5 Å². The molecule has 4 heteroatoms. The largest absolute Gasteiger partial charge is 0.457 e. The molecule has 144 valence electrons. The van der Waals surface area contributed by atoms with E-state index in [0.717, 1.165) is 31.1 Å². The lowest BCUT2D eigenvalue weighted by molar-refractivity contribution is 0.247. The third-order valence-electron chi connectivity index (χ3n) is 4.57. The van der Waals surface area contributed by atoms with Crippen LogP contribution in [0.25, 0.3) is 0 Å².